The number of aromatic nitrogens is 2. The van der Waals surface area contributed by atoms with Gasteiger partial charge in [0.25, 0.3) is 0 Å². The van der Waals surface area contributed by atoms with Crippen LogP contribution in [0.4, 0.5) is 0 Å². The molecule has 16 heavy (non-hydrogen) atoms. The van der Waals surface area contributed by atoms with E-state index in [0.717, 1.165) is 50.7 Å². The molecule has 5 nitrogen and oxygen atoms in total. The summed E-state index contributed by atoms with van der Waals surface area (Å²) < 4.78 is 10.7. The molecule has 2 aliphatic heterocycles. The summed E-state index contributed by atoms with van der Waals surface area (Å²) in [5.74, 6) is 2.03. The van der Waals surface area contributed by atoms with Gasteiger partial charge in [0.05, 0.1) is 6.04 Å². The van der Waals surface area contributed by atoms with Gasteiger partial charge in [0.15, 0.2) is 5.82 Å². The van der Waals surface area contributed by atoms with Crippen molar-refractivity contribution >= 4 is 0 Å². The van der Waals surface area contributed by atoms with Crippen LogP contribution in [-0.4, -0.2) is 29.9 Å². The van der Waals surface area contributed by atoms with Gasteiger partial charge in [0, 0.05) is 19.1 Å². The van der Waals surface area contributed by atoms with Crippen LogP contribution >= 0.6 is 0 Å². The summed E-state index contributed by atoms with van der Waals surface area (Å²) in [4.78, 5) is 4.52. The monoisotopic (exact) mass is 223 g/mol. The normalized spacial score (nSPS) is 27.4. The van der Waals surface area contributed by atoms with Gasteiger partial charge < -0.3 is 14.6 Å². The fraction of sp³-hybridized carbons (Fsp3) is 0.818. The van der Waals surface area contributed by atoms with Crippen molar-refractivity contribution in [2.75, 3.05) is 19.8 Å². The molecule has 2 saturated heterocycles. The molecule has 1 N–H and O–H groups in total. The quantitative estimate of drug-likeness (QED) is 0.821. The Kier molecular flexibility index (Phi) is 2.88. The van der Waals surface area contributed by atoms with E-state index in [1.54, 1.807) is 0 Å². The third-order valence-electron chi connectivity index (χ3n) is 3.40. The van der Waals surface area contributed by atoms with Crippen LogP contribution in [0.3, 0.4) is 0 Å². The molecule has 0 amide bonds. The predicted molar refractivity (Wildman–Crippen MR) is 57.1 cm³/mol. The van der Waals surface area contributed by atoms with Crippen molar-refractivity contribution in [1.29, 1.82) is 0 Å². The Bertz CT molecular complexity index is 341. The van der Waals surface area contributed by atoms with Crippen LogP contribution in [0.2, 0.25) is 0 Å². The highest BCUT2D eigenvalue weighted by Gasteiger charge is 2.26. The van der Waals surface area contributed by atoms with E-state index in [1.807, 2.05) is 0 Å². The third-order valence-corrected chi connectivity index (χ3v) is 3.40. The van der Waals surface area contributed by atoms with E-state index < -0.39 is 0 Å². The zero-order chi connectivity index (χ0) is 10.8. The molecule has 2 aliphatic rings. The van der Waals surface area contributed by atoms with E-state index in [4.69, 9.17) is 9.26 Å². The Morgan fingerprint density at radius 3 is 2.81 bits per heavy atom. The molecule has 1 atom stereocenters. The van der Waals surface area contributed by atoms with Crippen molar-refractivity contribution < 1.29 is 9.26 Å². The Balaban J connectivity index is 1.71. The summed E-state index contributed by atoms with van der Waals surface area (Å²) in [5.41, 5.74) is 0. The van der Waals surface area contributed by atoms with Crippen LogP contribution in [0.15, 0.2) is 4.52 Å². The van der Waals surface area contributed by atoms with Gasteiger partial charge in [-0.05, 0) is 32.2 Å². The number of hydrogen-bond donors (Lipinski definition) is 1. The van der Waals surface area contributed by atoms with Crippen LogP contribution in [0.5, 0.6) is 0 Å². The fourth-order valence-electron chi connectivity index (χ4n) is 2.40. The highest BCUT2D eigenvalue weighted by molar-refractivity contribution is 5.00. The second kappa shape index (κ2) is 4.51. The zero-order valence-electron chi connectivity index (χ0n) is 9.32. The van der Waals surface area contributed by atoms with Crippen molar-refractivity contribution in [2.24, 2.45) is 0 Å². The lowest BCUT2D eigenvalue weighted by atomic mass is 10.0. The molecule has 1 unspecified atom stereocenters. The lowest BCUT2D eigenvalue weighted by Gasteiger charge is -2.18. The lowest BCUT2D eigenvalue weighted by Crippen LogP contribution is -2.16. The van der Waals surface area contributed by atoms with E-state index in [1.165, 1.54) is 6.42 Å². The first-order valence-electron chi connectivity index (χ1n) is 6.08. The highest BCUT2D eigenvalue weighted by atomic mass is 16.5. The van der Waals surface area contributed by atoms with Gasteiger partial charge in [-0.25, -0.2) is 0 Å². The van der Waals surface area contributed by atoms with Crippen LogP contribution in [0.25, 0.3) is 0 Å². The van der Waals surface area contributed by atoms with E-state index in [-0.39, 0.29) is 0 Å². The first-order valence-corrected chi connectivity index (χ1v) is 6.08. The second-order valence-electron chi connectivity index (χ2n) is 4.53. The first kappa shape index (κ1) is 10.2. The van der Waals surface area contributed by atoms with E-state index >= 15 is 0 Å². The summed E-state index contributed by atoms with van der Waals surface area (Å²) in [7, 11) is 0. The van der Waals surface area contributed by atoms with Crippen LogP contribution in [0, 0.1) is 0 Å². The maximum atomic E-state index is 5.36. The molecule has 2 fully saturated rings. The molecule has 3 rings (SSSR count). The standard InChI is InChI=1S/C11H17N3O2/c1-2-9(12-5-1)10-13-11(16-14-10)8-3-6-15-7-4-8/h8-9,12H,1-7H2. The molecule has 1 aromatic rings. The molecule has 0 spiro atoms. The molecular formula is C11H17N3O2. The minimum Gasteiger partial charge on any atom is -0.381 e. The number of ether oxygens (including phenoxy) is 1. The zero-order valence-corrected chi connectivity index (χ0v) is 9.32. The Labute approximate surface area is 94.6 Å². The Hall–Kier alpha value is -0.940. The summed E-state index contributed by atoms with van der Waals surface area (Å²) in [6.07, 6.45) is 4.32. The van der Waals surface area contributed by atoms with E-state index in [9.17, 15) is 0 Å². The van der Waals surface area contributed by atoms with Crippen molar-refractivity contribution in [3.05, 3.63) is 11.7 Å². The van der Waals surface area contributed by atoms with Gasteiger partial charge in [0.1, 0.15) is 0 Å². The average molecular weight is 223 g/mol. The minimum absolute atomic E-state index is 0.303. The van der Waals surface area contributed by atoms with Gasteiger partial charge in [0.2, 0.25) is 5.89 Å². The van der Waals surface area contributed by atoms with Crippen molar-refractivity contribution in [2.45, 2.75) is 37.6 Å². The Morgan fingerprint density at radius 2 is 2.06 bits per heavy atom. The third kappa shape index (κ3) is 1.97. The van der Waals surface area contributed by atoms with Crippen LogP contribution < -0.4 is 5.32 Å². The molecule has 1 aromatic heterocycles. The summed E-state index contributed by atoms with van der Waals surface area (Å²) in [6.45, 7) is 2.68. The molecular weight excluding hydrogens is 206 g/mol. The molecule has 88 valence electrons. The molecule has 0 aromatic carbocycles. The Morgan fingerprint density at radius 1 is 1.19 bits per heavy atom. The van der Waals surface area contributed by atoms with Crippen LogP contribution in [-0.2, 0) is 4.74 Å². The highest BCUT2D eigenvalue weighted by Crippen LogP contribution is 2.27. The van der Waals surface area contributed by atoms with Gasteiger partial charge in [-0.1, -0.05) is 5.16 Å². The SMILES string of the molecule is C1CNC(c2noc(C3CCOCC3)n2)C1. The van der Waals surface area contributed by atoms with Crippen molar-refractivity contribution in [3.8, 4) is 0 Å². The van der Waals surface area contributed by atoms with E-state index in [2.05, 4.69) is 15.5 Å². The first-order chi connectivity index (χ1) is 7.93. The number of nitrogens with one attached hydrogen (secondary N) is 1. The van der Waals surface area contributed by atoms with Crippen molar-refractivity contribution in [1.82, 2.24) is 15.5 Å². The number of rotatable bonds is 2. The second-order valence-corrected chi connectivity index (χ2v) is 4.53. The summed E-state index contributed by atoms with van der Waals surface area (Å²) in [6, 6.07) is 0.303. The smallest absolute Gasteiger partial charge is 0.229 e. The molecule has 0 radical (unpaired) electrons. The molecule has 0 saturated carbocycles. The van der Waals surface area contributed by atoms with Gasteiger partial charge >= 0.3 is 0 Å². The molecule has 0 bridgehead atoms. The average Bonchev–Trinajstić information content (AvgIpc) is 3.01. The largest absolute Gasteiger partial charge is 0.381 e. The summed E-state index contributed by atoms with van der Waals surface area (Å²) >= 11 is 0. The summed E-state index contributed by atoms with van der Waals surface area (Å²) in [5, 5.41) is 7.46. The maximum absolute atomic E-state index is 5.36. The lowest BCUT2D eigenvalue weighted by molar-refractivity contribution is 0.0778. The molecule has 5 heteroatoms. The van der Waals surface area contributed by atoms with Crippen molar-refractivity contribution in [3.63, 3.8) is 0 Å². The van der Waals surface area contributed by atoms with E-state index in [0.29, 0.717) is 12.0 Å². The minimum atomic E-state index is 0.303. The topological polar surface area (TPSA) is 60.2 Å². The predicted octanol–water partition coefficient (Wildman–Crippen LogP) is 1.39. The van der Waals surface area contributed by atoms with Gasteiger partial charge in [-0.15, -0.1) is 0 Å². The number of hydrogen-bond acceptors (Lipinski definition) is 5. The molecule has 3 heterocycles. The number of nitrogens with zero attached hydrogens (tertiary/aromatic N) is 2. The molecule has 0 aliphatic carbocycles. The van der Waals surface area contributed by atoms with Gasteiger partial charge in [-0.2, -0.15) is 4.98 Å². The fourth-order valence-corrected chi connectivity index (χ4v) is 2.40. The van der Waals surface area contributed by atoms with Crippen LogP contribution in [0.1, 0.15) is 49.4 Å². The maximum Gasteiger partial charge on any atom is 0.229 e. The van der Waals surface area contributed by atoms with Gasteiger partial charge in [-0.3, -0.25) is 0 Å².